The molecule has 1 fully saturated rings. The van der Waals surface area contributed by atoms with E-state index >= 15 is 0 Å². The minimum atomic E-state index is 0.703. The number of anilines is 1. The normalized spacial score (nSPS) is 19.8. The molecule has 1 aromatic heterocycles. The summed E-state index contributed by atoms with van der Waals surface area (Å²) in [6.45, 7) is 3.20. The van der Waals surface area contributed by atoms with Crippen LogP contribution in [0, 0.1) is 5.92 Å². The number of piperidine rings is 1. The lowest BCUT2D eigenvalue weighted by Crippen LogP contribution is -2.39. The van der Waals surface area contributed by atoms with Crippen molar-refractivity contribution < 1.29 is 0 Å². The Bertz CT molecular complexity index is 553. The first-order chi connectivity index (χ1) is 9.36. The van der Waals surface area contributed by atoms with Gasteiger partial charge >= 0.3 is 0 Å². The molecule has 1 atom stereocenters. The molecule has 0 radical (unpaired) electrons. The minimum Gasteiger partial charge on any atom is -0.340 e. The fraction of sp³-hybridized carbons (Fsp3) is 0.467. The highest BCUT2D eigenvalue weighted by molar-refractivity contribution is 5.78. The number of nitrogens with one attached hydrogen (secondary N) is 1. The lowest BCUT2D eigenvalue weighted by atomic mass is 9.98. The van der Waals surface area contributed by atoms with Gasteiger partial charge in [-0.05, 0) is 38.4 Å². The molecule has 0 saturated carbocycles. The third-order valence-corrected chi connectivity index (χ3v) is 3.77. The van der Waals surface area contributed by atoms with E-state index in [2.05, 4.69) is 32.3 Å². The largest absolute Gasteiger partial charge is 0.340 e. The van der Waals surface area contributed by atoms with E-state index in [1.807, 2.05) is 25.4 Å². The monoisotopic (exact) mass is 256 g/mol. The second-order valence-corrected chi connectivity index (χ2v) is 5.24. The van der Waals surface area contributed by atoms with Gasteiger partial charge in [0.2, 0.25) is 5.95 Å². The quantitative estimate of drug-likeness (QED) is 0.912. The maximum Gasteiger partial charge on any atom is 0.225 e. The summed E-state index contributed by atoms with van der Waals surface area (Å²) in [5.41, 5.74) is 1.03. The number of hydrogen-bond acceptors (Lipinski definition) is 4. The first-order valence-corrected chi connectivity index (χ1v) is 6.98. The zero-order valence-corrected chi connectivity index (χ0v) is 11.3. The van der Waals surface area contributed by atoms with Gasteiger partial charge in [0, 0.05) is 24.7 Å². The van der Waals surface area contributed by atoms with Crippen molar-refractivity contribution >= 4 is 16.9 Å². The molecule has 2 heterocycles. The first kappa shape index (κ1) is 12.4. The van der Waals surface area contributed by atoms with Crippen LogP contribution >= 0.6 is 0 Å². The van der Waals surface area contributed by atoms with Gasteiger partial charge in [0.25, 0.3) is 0 Å². The molecule has 19 heavy (non-hydrogen) atoms. The molecule has 0 bridgehead atoms. The second kappa shape index (κ2) is 5.53. The van der Waals surface area contributed by atoms with Crippen LogP contribution in [0.3, 0.4) is 0 Å². The van der Waals surface area contributed by atoms with Crippen molar-refractivity contribution in [3.8, 4) is 0 Å². The molecule has 1 saturated heterocycles. The topological polar surface area (TPSA) is 41.0 Å². The molecule has 4 nitrogen and oxygen atoms in total. The van der Waals surface area contributed by atoms with Crippen LogP contribution in [-0.2, 0) is 0 Å². The van der Waals surface area contributed by atoms with Gasteiger partial charge in [-0.3, -0.25) is 0 Å². The summed E-state index contributed by atoms with van der Waals surface area (Å²) in [7, 11) is 2.02. The maximum absolute atomic E-state index is 4.69. The Hall–Kier alpha value is -1.68. The molecule has 0 spiro atoms. The van der Waals surface area contributed by atoms with Crippen LogP contribution in [0.2, 0.25) is 0 Å². The zero-order chi connectivity index (χ0) is 13.1. The van der Waals surface area contributed by atoms with Gasteiger partial charge in [0.15, 0.2) is 0 Å². The van der Waals surface area contributed by atoms with Gasteiger partial charge in [0.05, 0.1) is 5.52 Å². The minimum absolute atomic E-state index is 0.703. The molecule has 0 amide bonds. The summed E-state index contributed by atoms with van der Waals surface area (Å²) in [4.78, 5) is 11.5. The zero-order valence-electron chi connectivity index (χ0n) is 11.3. The molecule has 1 N–H and O–H groups in total. The summed E-state index contributed by atoms with van der Waals surface area (Å²) < 4.78 is 0. The number of hydrogen-bond donors (Lipinski definition) is 1. The Morgan fingerprint density at radius 1 is 1.37 bits per heavy atom. The molecule has 1 aliphatic rings. The number of para-hydroxylation sites is 1. The van der Waals surface area contributed by atoms with E-state index in [0.29, 0.717) is 5.92 Å². The van der Waals surface area contributed by atoms with Crippen molar-refractivity contribution in [1.29, 1.82) is 0 Å². The van der Waals surface area contributed by atoms with Crippen molar-refractivity contribution in [2.75, 3.05) is 31.6 Å². The average molecular weight is 256 g/mol. The van der Waals surface area contributed by atoms with Gasteiger partial charge in [0.1, 0.15) is 0 Å². The fourth-order valence-corrected chi connectivity index (χ4v) is 2.82. The number of fused-ring (bicyclic) bond motifs is 1. The van der Waals surface area contributed by atoms with Crippen LogP contribution in [0.25, 0.3) is 10.9 Å². The van der Waals surface area contributed by atoms with E-state index in [1.54, 1.807) is 0 Å². The Balaban J connectivity index is 1.83. The molecule has 1 unspecified atom stereocenters. The highest BCUT2D eigenvalue weighted by Crippen LogP contribution is 2.21. The van der Waals surface area contributed by atoms with Crippen molar-refractivity contribution in [2.45, 2.75) is 12.8 Å². The first-order valence-electron chi connectivity index (χ1n) is 6.98. The standard InChI is InChI=1S/C15H20N4/c1-16-9-12-5-4-8-19(11-12)15-17-10-13-6-2-3-7-14(13)18-15/h2-3,6-7,10,12,16H,4-5,8-9,11H2,1H3. The lowest BCUT2D eigenvalue weighted by Gasteiger charge is -2.32. The van der Waals surface area contributed by atoms with E-state index in [9.17, 15) is 0 Å². The van der Waals surface area contributed by atoms with Crippen molar-refractivity contribution in [1.82, 2.24) is 15.3 Å². The second-order valence-electron chi connectivity index (χ2n) is 5.24. The highest BCUT2D eigenvalue weighted by Gasteiger charge is 2.21. The lowest BCUT2D eigenvalue weighted by molar-refractivity contribution is 0.399. The molecule has 1 aromatic carbocycles. The predicted octanol–water partition coefficient (Wildman–Crippen LogP) is 2.07. The summed E-state index contributed by atoms with van der Waals surface area (Å²) in [6, 6.07) is 8.16. The third kappa shape index (κ3) is 2.68. The molecule has 1 aliphatic heterocycles. The summed E-state index contributed by atoms with van der Waals surface area (Å²) in [5.74, 6) is 1.58. The van der Waals surface area contributed by atoms with Crippen LogP contribution in [-0.4, -0.2) is 36.6 Å². The smallest absolute Gasteiger partial charge is 0.225 e. The molecule has 3 rings (SSSR count). The Labute approximate surface area is 113 Å². The van der Waals surface area contributed by atoms with Gasteiger partial charge < -0.3 is 10.2 Å². The number of rotatable bonds is 3. The molecule has 0 aliphatic carbocycles. The van der Waals surface area contributed by atoms with Gasteiger partial charge in [-0.25, -0.2) is 9.97 Å². The summed E-state index contributed by atoms with van der Waals surface area (Å²) in [6.07, 6.45) is 4.45. The number of aromatic nitrogens is 2. The number of nitrogens with zero attached hydrogens (tertiary/aromatic N) is 3. The van der Waals surface area contributed by atoms with Gasteiger partial charge in [-0.15, -0.1) is 0 Å². The molecular weight excluding hydrogens is 236 g/mol. The Morgan fingerprint density at radius 3 is 3.16 bits per heavy atom. The molecule has 4 heteroatoms. The van der Waals surface area contributed by atoms with E-state index in [-0.39, 0.29) is 0 Å². The van der Waals surface area contributed by atoms with Gasteiger partial charge in [-0.1, -0.05) is 18.2 Å². The molecular formula is C15H20N4. The molecule has 2 aromatic rings. The predicted molar refractivity (Wildman–Crippen MR) is 78.4 cm³/mol. The maximum atomic E-state index is 4.69. The third-order valence-electron chi connectivity index (χ3n) is 3.77. The van der Waals surface area contributed by atoms with Gasteiger partial charge in [-0.2, -0.15) is 0 Å². The van der Waals surface area contributed by atoms with Crippen molar-refractivity contribution in [3.05, 3.63) is 30.5 Å². The fourth-order valence-electron chi connectivity index (χ4n) is 2.82. The van der Waals surface area contributed by atoms with Crippen LogP contribution in [0.1, 0.15) is 12.8 Å². The highest BCUT2D eigenvalue weighted by atomic mass is 15.3. The van der Waals surface area contributed by atoms with Crippen LogP contribution in [0.5, 0.6) is 0 Å². The summed E-state index contributed by atoms with van der Waals surface area (Å²) >= 11 is 0. The van der Waals surface area contributed by atoms with E-state index in [0.717, 1.165) is 36.5 Å². The van der Waals surface area contributed by atoms with Crippen molar-refractivity contribution in [3.63, 3.8) is 0 Å². The SMILES string of the molecule is CNCC1CCCN(c2ncc3ccccc3n2)C1. The van der Waals surface area contributed by atoms with E-state index < -0.39 is 0 Å². The average Bonchev–Trinajstić information content (AvgIpc) is 2.47. The van der Waals surface area contributed by atoms with E-state index in [4.69, 9.17) is 0 Å². The van der Waals surface area contributed by atoms with E-state index in [1.165, 1.54) is 12.8 Å². The van der Waals surface area contributed by atoms with Crippen LogP contribution in [0.4, 0.5) is 5.95 Å². The van der Waals surface area contributed by atoms with Crippen molar-refractivity contribution in [2.24, 2.45) is 5.92 Å². The Kier molecular flexibility index (Phi) is 3.60. The van der Waals surface area contributed by atoms with Crippen LogP contribution in [0.15, 0.2) is 30.5 Å². The molecule has 100 valence electrons. The Morgan fingerprint density at radius 2 is 2.26 bits per heavy atom. The summed E-state index contributed by atoms with van der Waals surface area (Å²) in [5, 5.41) is 4.38. The number of benzene rings is 1. The van der Waals surface area contributed by atoms with Crippen LogP contribution < -0.4 is 10.2 Å².